The van der Waals surface area contributed by atoms with Crippen molar-refractivity contribution in [3.8, 4) is 0 Å². The standard InChI is InChI=1S/C16H22ClFO2S/c1-10(2)12-8-7-11(3)9-14(12)20-21(19)15-6-4-5-13(17)16(15)18/h4-6,10-12,14H,7-9H2,1-3H3/t11-,12+,14-,21?/m1/s1. The Bertz CT molecular complexity index is 521. The Morgan fingerprint density at radius 2 is 2.10 bits per heavy atom. The average Bonchev–Trinajstić information content (AvgIpc) is 2.41. The van der Waals surface area contributed by atoms with Crippen LogP contribution in [0.2, 0.25) is 5.02 Å². The third-order valence-corrected chi connectivity index (χ3v) is 5.66. The summed E-state index contributed by atoms with van der Waals surface area (Å²) in [5.41, 5.74) is 0. The molecule has 2 rings (SSSR count). The first-order chi connectivity index (χ1) is 9.90. The van der Waals surface area contributed by atoms with Crippen molar-refractivity contribution < 1.29 is 12.8 Å². The second-order valence-electron chi connectivity index (χ2n) is 6.25. The quantitative estimate of drug-likeness (QED) is 0.777. The van der Waals surface area contributed by atoms with Crippen LogP contribution in [0.5, 0.6) is 0 Å². The molecular formula is C16H22ClFO2S. The minimum Gasteiger partial charge on any atom is -0.283 e. The highest BCUT2D eigenvalue weighted by Crippen LogP contribution is 2.36. The fourth-order valence-corrected chi connectivity index (χ4v) is 4.23. The van der Waals surface area contributed by atoms with Gasteiger partial charge in [0.2, 0.25) is 0 Å². The SMILES string of the molecule is CC(C)[C@@H]1CC[C@@H](C)C[C@H]1OS(=O)c1cccc(Cl)c1F. The minimum atomic E-state index is -1.81. The number of benzene rings is 1. The highest BCUT2D eigenvalue weighted by atomic mass is 35.5. The molecule has 1 aliphatic carbocycles. The molecule has 0 spiro atoms. The molecule has 0 aliphatic heterocycles. The van der Waals surface area contributed by atoms with E-state index in [0.29, 0.717) is 17.8 Å². The van der Waals surface area contributed by atoms with Gasteiger partial charge in [0.1, 0.15) is 4.90 Å². The smallest absolute Gasteiger partial charge is 0.192 e. The van der Waals surface area contributed by atoms with Crippen LogP contribution >= 0.6 is 11.6 Å². The molecular weight excluding hydrogens is 311 g/mol. The molecule has 1 aliphatic rings. The number of halogens is 2. The summed E-state index contributed by atoms with van der Waals surface area (Å²) in [4.78, 5) is 0.0308. The summed E-state index contributed by atoms with van der Waals surface area (Å²) in [7, 11) is 0. The molecule has 0 bridgehead atoms. The molecule has 0 aromatic heterocycles. The molecule has 1 aromatic rings. The maximum atomic E-state index is 13.9. The lowest BCUT2D eigenvalue weighted by Crippen LogP contribution is -2.34. The fraction of sp³-hybridized carbons (Fsp3) is 0.625. The average molecular weight is 333 g/mol. The molecule has 118 valence electrons. The van der Waals surface area contributed by atoms with E-state index in [4.69, 9.17) is 15.8 Å². The number of rotatable bonds is 4. The molecule has 1 fully saturated rings. The zero-order valence-corrected chi connectivity index (χ0v) is 14.2. The van der Waals surface area contributed by atoms with Gasteiger partial charge >= 0.3 is 0 Å². The summed E-state index contributed by atoms with van der Waals surface area (Å²) in [5.74, 6) is 0.727. The highest BCUT2D eigenvalue weighted by molar-refractivity contribution is 7.80. The lowest BCUT2D eigenvalue weighted by atomic mass is 9.75. The Hall–Kier alpha value is -0.450. The minimum absolute atomic E-state index is 0.0260. The predicted molar refractivity (Wildman–Crippen MR) is 84.0 cm³/mol. The summed E-state index contributed by atoms with van der Waals surface area (Å²) in [6, 6.07) is 4.50. The lowest BCUT2D eigenvalue weighted by Gasteiger charge is -2.36. The third kappa shape index (κ3) is 4.05. The van der Waals surface area contributed by atoms with Gasteiger partial charge in [-0.3, -0.25) is 4.18 Å². The molecule has 0 radical (unpaired) electrons. The molecule has 2 nitrogen and oxygen atoms in total. The van der Waals surface area contributed by atoms with E-state index >= 15 is 0 Å². The van der Waals surface area contributed by atoms with E-state index in [1.54, 1.807) is 6.07 Å². The van der Waals surface area contributed by atoms with Crippen LogP contribution in [0.3, 0.4) is 0 Å². The maximum absolute atomic E-state index is 13.9. The van der Waals surface area contributed by atoms with Crippen molar-refractivity contribution in [2.75, 3.05) is 0 Å². The fourth-order valence-electron chi connectivity index (χ4n) is 3.00. The van der Waals surface area contributed by atoms with Crippen molar-refractivity contribution in [3.05, 3.63) is 29.0 Å². The van der Waals surface area contributed by atoms with Gasteiger partial charge in [-0.15, -0.1) is 0 Å². The van der Waals surface area contributed by atoms with Crippen LogP contribution < -0.4 is 0 Å². The largest absolute Gasteiger partial charge is 0.283 e. The van der Waals surface area contributed by atoms with E-state index in [1.807, 2.05) is 0 Å². The Morgan fingerprint density at radius 3 is 2.76 bits per heavy atom. The third-order valence-electron chi connectivity index (χ3n) is 4.27. The molecule has 0 heterocycles. The van der Waals surface area contributed by atoms with Gasteiger partial charge in [0.15, 0.2) is 16.9 Å². The first kappa shape index (κ1) is 16.9. The van der Waals surface area contributed by atoms with E-state index < -0.39 is 16.9 Å². The second kappa shape index (κ2) is 7.21. The van der Waals surface area contributed by atoms with Gasteiger partial charge in [-0.2, -0.15) is 0 Å². The zero-order chi connectivity index (χ0) is 15.6. The first-order valence-electron chi connectivity index (χ1n) is 7.43. The van der Waals surface area contributed by atoms with Gasteiger partial charge in [0.05, 0.1) is 11.1 Å². The molecule has 1 aromatic carbocycles. The molecule has 0 amide bonds. The summed E-state index contributed by atoms with van der Waals surface area (Å²) in [6.07, 6.45) is 3.02. The van der Waals surface area contributed by atoms with Crippen molar-refractivity contribution in [2.24, 2.45) is 17.8 Å². The van der Waals surface area contributed by atoms with E-state index in [0.717, 1.165) is 12.8 Å². The van der Waals surface area contributed by atoms with Crippen LogP contribution in [-0.2, 0) is 15.3 Å². The maximum Gasteiger partial charge on any atom is 0.192 e. The summed E-state index contributed by atoms with van der Waals surface area (Å²) in [5, 5.41) is -0.0260. The Labute approximate surface area is 133 Å². The van der Waals surface area contributed by atoms with Crippen LogP contribution in [0, 0.1) is 23.6 Å². The van der Waals surface area contributed by atoms with Crippen molar-refractivity contribution in [1.82, 2.24) is 0 Å². The van der Waals surface area contributed by atoms with Gasteiger partial charge in [0.25, 0.3) is 0 Å². The van der Waals surface area contributed by atoms with Crippen molar-refractivity contribution in [2.45, 2.75) is 51.0 Å². The van der Waals surface area contributed by atoms with E-state index in [-0.39, 0.29) is 16.0 Å². The highest BCUT2D eigenvalue weighted by Gasteiger charge is 2.33. The van der Waals surface area contributed by atoms with Crippen LogP contribution in [0.15, 0.2) is 23.1 Å². The molecule has 21 heavy (non-hydrogen) atoms. The van der Waals surface area contributed by atoms with Crippen LogP contribution in [0.4, 0.5) is 4.39 Å². The van der Waals surface area contributed by atoms with E-state index in [1.165, 1.54) is 18.6 Å². The number of hydrogen-bond acceptors (Lipinski definition) is 2. The molecule has 1 unspecified atom stereocenters. The van der Waals surface area contributed by atoms with Crippen molar-refractivity contribution in [3.63, 3.8) is 0 Å². The summed E-state index contributed by atoms with van der Waals surface area (Å²) in [6.45, 7) is 6.48. The Kier molecular flexibility index (Phi) is 5.81. The molecule has 1 saturated carbocycles. The van der Waals surface area contributed by atoms with Gasteiger partial charge in [-0.1, -0.05) is 44.9 Å². The second-order valence-corrected chi connectivity index (χ2v) is 7.76. The Morgan fingerprint density at radius 1 is 1.38 bits per heavy atom. The molecule has 0 N–H and O–H groups in total. The summed E-state index contributed by atoms with van der Waals surface area (Å²) >= 11 is 3.92. The first-order valence-corrected chi connectivity index (χ1v) is 8.88. The van der Waals surface area contributed by atoms with Crippen LogP contribution in [0.1, 0.15) is 40.0 Å². The van der Waals surface area contributed by atoms with E-state index in [9.17, 15) is 8.60 Å². The van der Waals surface area contributed by atoms with Crippen molar-refractivity contribution >= 4 is 22.7 Å². The number of hydrogen-bond donors (Lipinski definition) is 0. The molecule has 4 atom stereocenters. The zero-order valence-electron chi connectivity index (χ0n) is 12.6. The molecule has 0 saturated heterocycles. The lowest BCUT2D eigenvalue weighted by molar-refractivity contribution is 0.0565. The van der Waals surface area contributed by atoms with Gasteiger partial charge in [-0.05, 0) is 42.7 Å². The normalized spacial score (nSPS) is 27.8. The van der Waals surface area contributed by atoms with Crippen LogP contribution in [0.25, 0.3) is 0 Å². The Balaban J connectivity index is 2.14. The van der Waals surface area contributed by atoms with Gasteiger partial charge < -0.3 is 0 Å². The monoisotopic (exact) mass is 332 g/mol. The van der Waals surface area contributed by atoms with Gasteiger partial charge in [0, 0.05) is 0 Å². The summed E-state index contributed by atoms with van der Waals surface area (Å²) < 4.78 is 32.0. The van der Waals surface area contributed by atoms with Crippen molar-refractivity contribution in [1.29, 1.82) is 0 Å². The predicted octanol–water partition coefficient (Wildman–Crippen LogP) is 4.98. The van der Waals surface area contributed by atoms with E-state index in [2.05, 4.69) is 20.8 Å². The molecule has 5 heteroatoms. The van der Waals surface area contributed by atoms with Crippen LogP contribution in [-0.4, -0.2) is 10.3 Å². The van der Waals surface area contributed by atoms with Gasteiger partial charge in [-0.25, -0.2) is 8.60 Å². The topological polar surface area (TPSA) is 26.3 Å².